The molecule has 2 aromatic rings. The van der Waals surface area contributed by atoms with Crippen LogP contribution in [0.25, 0.3) is 0 Å². The number of aliphatic hydroxyl groups is 1. The van der Waals surface area contributed by atoms with Crippen LogP contribution < -0.4 is 20.2 Å². The topological polar surface area (TPSA) is 136 Å². The molecule has 38 heavy (non-hydrogen) atoms. The Hall–Kier alpha value is -3.65. The maximum Gasteiger partial charge on any atom is 0.260 e. The van der Waals surface area contributed by atoms with Crippen molar-refractivity contribution >= 4 is 29.1 Å². The summed E-state index contributed by atoms with van der Waals surface area (Å²) in [7, 11) is 0. The molecule has 0 unspecified atom stereocenters. The van der Waals surface area contributed by atoms with Crippen LogP contribution in [0.3, 0.4) is 0 Å². The molecule has 1 fully saturated rings. The summed E-state index contributed by atoms with van der Waals surface area (Å²) in [4.78, 5) is 25.7. The van der Waals surface area contributed by atoms with Gasteiger partial charge in [-0.25, -0.2) is 5.43 Å². The molecule has 0 aromatic heterocycles. The lowest BCUT2D eigenvalue weighted by Gasteiger charge is -2.33. The molecule has 0 aliphatic carbocycles. The van der Waals surface area contributed by atoms with E-state index < -0.39 is 6.10 Å². The van der Waals surface area contributed by atoms with E-state index in [0.717, 1.165) is 24.1 Å². The van der Waals surface area contributed by atoms with Crippen LogP contribution in [0.5, 0.6) is 11.5 Å². The third-order valence-corrected chi connectivity index (χ3v) is 6.73. The molecule has 2 aliphatic heterocycles. The fourth-order valence-electron chi connectivity index (χ4n) is 4.22. The Kier molecular flexibility index (Phi) is 9.54. The molecule has 3 N–H and O–H groups in total. The Morgan fingerprint density at radius 3 is 2.63 bits per heavy atom. The summed E-state index contributed by atoms with van der Waals surface area (Å²) in [5.41, 5.74) is 4.57. The average Bonchev–Trinajstić information content (AvgIpc) is 2.95. The molecule has 2 aliphatic rings. The summed E-state index contributed by atoms with van der Waals surface area (Å²) in [5.74, 6) is 0.793. The van der Waals surface area contributed by atoms with Gasteiger partial charge in [0.1, 0.15) is 24.2 Å². The number of amides is 2. The number of hydrogen-bond acceptors (Lipinski definition) is 8. The van der Waals surface area contributed by atoms with Gasteiger partial charge in [-0.2, -0.15) is 10.4 Å². The van der Waals surface area contributed by atoms with Gasteiger partial charge < -0.3 is 24.8 Å². The molecule has 2 heterocycles. The monoisotopic (exact) mass is 539 g/mol. The smallest absolute Gasteiger partial charge is 0.260 e. The molecule has 200 valence electrons. The molecule has 0 bridgehead atoms. The van der Waals surface area contributed by atoms with Crippen molar-refractivity contribution in [1.82, 2.24) is 15.6 Å². The molecule has 1 atom stereocenters. The number of rotatable bonds is 10. The predicted octanol–water partition coefficient (Wildman–Crippen LogP) is 2.23. The van der Waals surface area contributed by atoms with Crippen molar-refractivity contribution < 1.29 is 24.2 Å². The Labute approximate surface area is 226 Å². The molecule has 10 nitrogen and oxygen atoms in total. The lowest BCUT2D eigenvalue weighted by atomic mass is 10.0. The number of hydrazone groups is 1. The molecule has 0 radical (unpaired) electrons. The zero-order chi connectivity index (χ0) is 26.9. The van der Waals surface area contributed by atoms with Gasteiger partial charge in [0.15, 0.2) is 6.61 Å². The molecular weight excluding hydrogens is 510 g/mol. The lowest BCUT2D eigenvalue weighted by molar-refractivity contribution is -0.134. The second kappa shape index (κ2) is 13.2. The summed E-state index contributed by atoms with van der Waals surface area (Å²) >= 11 is 6.35. The van der Waals surface area contributed by atoms with Crippen LogP contribution in [-0.4, -0.2) is 72.5 Å². The van der Waals surface area contributed by atoms with Crippen LogP contribution in [0.4, 0.5) is 0 Å². The number of nitriles is 1. The highest BCUT2D eigenvalue weighted by atomic mass is 35.5. The van der Waals surface area contributed by atoms with E-state index in [0.29, 0.717) is 54.6 Å². The first-order chi connectivity index (χ1) is 18.4. The van der Waals surface area contributed by atoms with Crippen molar-refractivity contribution in [1.29, 1.82) is 5.26 Å². The normalized spacial score (nSPS) is 16.7. The number of likely N-dealkylation sites (tertiary alicyclic amines) is 1. The van der Waals surface area contributed by atoms with Gasteiger partial charge >= 0.3 is 0 Å². The van der Waals surface area contributed by atoms with Gasteiger partial charge in [-0.3, -0.25) is 9.59 Å². The van der Waals surface area contributed by atoms with Gasteiger partial charge in [-0.15, -0.1) is 0 Å². The predicted molar refractivity (Wildman–Crippen MR) is 141 cm³/mol. The number of ether oxygens (including phenoxy) is 2. The van der Waals surface area contributed by atoms with Crippen LogP contribution in [0.15, 0.2) is 47.6 Å². The van der Waals surface area contributed by atoms with Crippen LogP contribution in [0, 0.1) is 11.3 Å². The Morgan fingerprint density at radius 1 is 1.21 bits per heavy atom. The van der Waals surface area contributed by atoms with Gasteiger partial charge in [0, 0.05) is 38.5 Å². The summed E-state index contributed by atoms with van der Waals surface area (Å²) in [6.07, 6.45) is 1.77. The number of nitrogens with zero attached hydrogens (tertiary/aromatic N) is 3. The van der Waals surface area contributed by atoms with Crippen molar-refractivity contribution in [3.8, 4) is 17.6 Å². The maximum atomic E-state index is 12.7. The minimum absolute atomic E-state index is 0.110. The van der Waals surface area contributed by atoms with Crippen molar-refractivity contribution in [3.63, 3.8) is 0 Å². The summed E-state index contributed by atoms with van der Waals surface area (Å²) in [5, 5.41) is 26.9. The van der Waals surface area contributed by atoms with Gasteiger partial charge in [-0.1, -0.05) is 11.6 Å². The summed E-state index contributed by atoms with van der Waals surface area (Å²) < 4.78 is 11.3. The van der Waals surface area contributed by atoms with E-state index in [1.807, 2.05) is 6.07 Å². The van der Waals surface area contributed by atoms with Gasteiger partial charge in [0.2, 0.25) is 5.91 Å². The maximum absolute atomic E-state index is 12.7. The number of carbonyl (C=O) groups is 2. The zero-order valence-corrected chi connectivity index (χ0v) is 21.6. The standard InChI is InChI=1S/C27H30ClN5O5/c28-23-13-19(24-6-8-26(35)32-31-24)3-7-25(23)38-17-27(36)33-11-9-20(10-12-33)30-15-21(34)16-37-22-4-1-18(14-29)2-5-22/h1-5,7,13,20-21,30,34H,6,8-12,15-17H2,(H,32,35)/t21-/m0/s1. The molecule has 0 spiro atoms. The Bertz CT molecular complexity index is 1210. The largest absolute Gasteiger partial charge is 0.491 e. The third kappa shape index (κ3) is 7.68. The lowest BCUT2D eigenvalue weighted by Crippen LogP contribution is -2.48. The summed E-state index contributed by atoms with van der Waals surface area (Å²) in [6, 6.07) is 14.2. The van der Waals surface area contributed by atoms with E-state index in [2.05, 4.69) is 21.9 Å². The first-order valence-electron chi connectivity index (χ1n) is 12.5. The summed E-state index contributed by atoms with van der Waals surface area (Å²) in [6.45, 7) is 1.60. The van der Waals surface area contributed by atoms with Gasteiger partial charge in [-0.05, 0) is 60.9 Å². The van der Waals surface area contributed by atoms with E-state index in [1.165, 1.54) is 0 Å². The zero-order valence-electron chi connectivity index (χ0n) is 20.9. The van der Waals surface area contributed by atoms with E-state index in [9.17, 15) is 14.7 Å². The molecule has 4 rings (SSSR count). The average molecular weight is 540 g/mol. The van der Waals surface area contributed by atoms with E-state index in [1.54, 1.807) is 41.3 Å². The quantitative estimate of drug-likeness (QED) is 0.421. The number of carbonyl (C=O) groups excluding carboxylic acids is 2. The minimum atomic E-state index is -0.682. The van der Waals surface area contributed by atoms with E-state index >= 15 is 0 Å². The fraction of sp³-hybridized carbons (Fsp3) is 0.407. The third-order valence-electron chi connectivity index (χ3n) is 6.44. The number of benzene rings is 2. The molecule has 2 amide bonds. The SMILES string of the molecule is N#Cc1ccc(OC[C@@H](O)CNC2CCN(C(=O)COc3ccc(C4=NNC(=O)CC4)cc3Cl)CC2)cc1. The highest BCUT2D eigenvalue weighted by Gasteiger charge is 2.24. The minimum Gasteiger partial charge on any atom is -0.491 e. The Morgan fingerprint density at radius 2 is 1.97 bits per heavy atom. The number of halogens is 1. The highest BCUT2D eigenvalue weighted by Crippen LogP contribution is 2.27. The Balaban J connectivity index is 1.14. The number of piperidine rings is 1. The van der Waals surface area contributed by atoms with Crippen molar-refractivity contribution in [2.24, 2.45) is 5.10 Å². The molecular formula is C27H30ClN5O5. The van der Waals surface area contributed by atoms with Crippen LogP contribution >= 0.6 is 11.6 Å². The van der Waals surface area contributed by atoms with Crippen LogP contribution in [-0.2, 0) is 9.59 Å². The van der Waals surface area contributed by atoms with Crippen LogP contribution in [0.1, 0.15) is 36.8 Å². The van der Waals surface area contributed by atoms with Crippen molar-refractivity contribution in [2.45, 2.75) is 37.8 Å². The van der Waals surface area contributed by atoms with E-state index in [4.69, 9.17) is 26.3 Å². The number of hydrogen-bond donors (Lipinski definition) is 3. The first kappa shape index (κ1) is 27.4. The molecule has 1 saturated heterocycles. The van der Waals surface area contributed by atoms with Gasteiger partial charge in [0.25, 0.3) is 5.91 Å². The molecule has 2 aromatic carbocycles. The van der Waals surface area contributed by atoms with Crippen molar-refractivity contribution in [2.75, 3.05) is 32.8 Å². The highest BCUT2D eigenvalue weighted by molar-refractivity contribution is 6.32. The molecule has 11 heteroatoms. The molecule has 0 saturated carbocycles. The second-order valence-electron chi connectivity index (χ2n) is 9.19. The number of aliphatic hydroxyl groups excluding tert-OH is 1. The van der Waals surface area contributed by atoms with E-state index in [-0.39, 0.29) is 31.1 Å². The fourth-order valence-corrected chi connectivity index (χ4v) is 4.46. The second-order valence-corrected chi connectivity index (χ2v) is 9.60. The van der Waals surface area contributed by atoms with Gasteiger partial charge in [0.05, 0.1) is 22.4 Å². The first-order valence-corrected chi connectivity index (χ1v) is 12.9. The number of nitrogens with one attached hydrogen (secondary N) is 2. The van der Waals surface area contributed by atoms with Crippen molar-refractivity contribution in [3.05, 3.63) is 58.6 Å². The van der Waals surface area contributed by atoms with Crippen LogP contribution in [0.2, 0.25) is 5.02 Å².